The predicted molar refractivity (Wildman–Crippen MR) is 85.3 cm³/mol. The summed E-state index contributed by atoms with van der Waals surface area (Å²) in [7, 11) is 2.02. The van der Waals surface area contributed by atoms with Crippen LogP contribution in [-0.2, 0) is 0 Å². The number of rotatable bonds is 6. The van der Waals surface area contributed by atoms with Gasteiger partial charge in [0.2, 0.25) is 0 Å². The van der Waals surface area contributed by atoms with Gasteiger partial charge in [-0.25, -0.2) is 0 Å². The van der Waals surface area contributed by atoms with Crippen LogP contribution in [0, 0.1) is 18.8 Å². The summed E-state index contributed by atoms with van der Waals surface area (Å²) in [5, 5.41) is 11.7. The molecule has 0 unspecified atom stereocenters. The molecule has 1 aromatic rings. The zero-order valence-electron chi connectivity index (χ0n) is 13.1. The first-order valence-corrected chi connectivity index (χ1v) is 7.25. The van der Waals surface area contributed by atoms with Crippen LogP contribution in [0.2, 0.25) is 0 Å². The molecule has 0 aromatic heterocycles. The lowest BCUT2D eigenvalue weighted by Gasteiger charge is -2.14. The van der Waals surface area contributed by atoms with Gasteiger partial charge in [-0.05, 0) is 38.2 Å². The van der Waals surface area contributed by atoms with Crippen molar-refractivity contribution in [1.29, 1.82) is 0 Å². The van der Waals surface area contributed by atoms with Gasteiger partial charge in [-0.3, -0.25) is 4.79 Å². The Hall–Kier alpha value is -1.83. The van der Waals surface area contributed by atoms with E-state index in [4.69, 9.17) is 5.11 Å². The van der Waals surface area contributed by atoms with Gasteiger partial charge in [-0.15, -0.1) is 0 Å². The number of nitrogens with one attached hydrogen (secondary N) is 1. The molecule has 0 radical (unpaired) electrons. The maximum absolute atomic E-state index is 12.2. The van der Waals surface area contributed by atoms with Crippen LogP contribution in [0.1, 0.15) is 34.8 Å². The van der Waals surface area contributed by atoms with Crippen molar-refractivity contribution >= 4 is 5.91 Å². The molecule has 0 heterocycles. The van der Waals surface area contributed by atoms with Crippen LogP contribution in [-0.4, -0.2) is 49.2 Å². The van der Waals surface area contributed by atoms with E-state index in [0.29, 0.717) is 24.1 Å². The molecule has 21 heavy (non-hydrogen) atoms. The molecule has 1 amide bonds. The third-order valence-electron chi connectivity index (χ3n) is 3.20. The number of aliphatic hydroxyl groups is 1. The average Bonchev–Trinajstić information content (AvgIpc) is 2.47. The Balaban J connectivity index is 2.77. The summed E-state index contributed by atoms with van der Waals surface area (Å²) < 4.78 is 0. The second-order valence-electron chi connectivity index (χ2n) is 4.98. The second kappa shape index (κ2) is 9.17. The van der Waals surface area contributed by atoms with Crippen molar-refractivity contribution in [2.45, 2.75) is 20.3 Å². The Bertz CT molecular complexity index is 529. The fraction of sp³-hybridized carbons (Fsp3) is 0.471. The number of carbonyl (C=O) groups excluding carboxylic acids is 1. The molecule has 0 aliphatic heterocycles. The molecule has 0 atom stereocenters. The smallest absolute Gasteiger partial charge is 0.252 e. The Morgan fingerprint density at radius 2 is 2.19 bits per heavy atom. The van der Waals surface area contributed by atoms with Crippen molar-refractivity contribution in [3.05, 3.63) is 34.9 Å². The van der Waals surface area contributed by atoms with E-state index in [1.807, 2.05) is 26.1 Å². The molecule has 4 heteroatoms. The maximum atomic E-state index is 12.2. The molecule has 2 N–H and O–H groups in total. The first kappa shape index (κ1) is 17.2. The molecule has 0 bridgehead atoms. The molecule has 1 rings (SSSR count). The quantitative estimate of drug-likeness (QED) is 0.778. The molecule has 0 saturated carbocycles. The number of benzene rings is 1. The van der Waals surface area contributed by atoms with Crippen LogP contribution in [0.25, 0.3) is 0 Å². The van der Waals surface area contributed by atoms with Crippen LogP contribution in [0.15, 0.2) is 18.2 Å². The van der Waals surface area contributed by atoms with Gasteiger partial charge in [0.1, 0.15) is 0 Å². The van der Waals surface area contributed by atoms with Gasteiger partial charge in [0.05, 0.1) is 12.2 Å². The number of aryl methyl sites for hydroxylation is 1. The molecule has 0 aliphatic carbocycles. The zero-order chi connectivity index (χ0) is 15.7. The third-order valence-corrected chi connectivity index (χ3v) is 3.20. The molecule has 0 aliphatic rings. The standard InChI is InChI=1S/C17H24N2O2/c1-4-19(3)11-10-18-17(21)16-9-8-14(2)13-15(16)7-5-6-12-20/h8-9,13,20H,4,6,10-12H2,1-3H3,(H,18,21). The number of nitrogens with zero attached hydrogens (tertiary/aromatic N) is 1. The summed E-state index contributed by atoms with van der Waals surface area (Å²) in [6, 6.07) is 5.61. The Kier molecular flexibility index (Phi) is 7.52. The highest BCUT2D eigenvalue weighted by Crippen LogP contribution is 2.10. The Morgan fingerprint density at radius 1 is 1.43 bits per heavy atom. The SMILES string of the molecule is CCN(C)CCNC(=O)c1ccc(C)cc1C#CCCO. The minimum absolute atomic E-state index is 0.0314. The van der Waals surface area contributed by atoms with Crippen LogP contribution in [0.5, 0.6) is 0 Å². The minimum atomic E-state index is -0.104. The highest BCUT2D eigenvalue weighted by molar-refractivity contribution is 5.96. The molecule has 114 valence electrons. The van der Waals surface area contributed by atoms with Crippen molar-refractivity contribution in [3.63, 3.8) is 0 Å². The van der Waals surface area contributed by atoms with E-state index in [-0.39, 0.29) is 12.5 Å². The van der Waals surface area contributed by atoms with Gasteiger partial charge >= 0.3 is 0 Å². The minimum Gasteiger partial charge on any atom is -0.395 e. The molecular formula is C17H24N2O2. The first-order valence-electron chi connectivity index (χ1n) is 7.25. The van der Waals surface area contributed by atoms with Crippen LogP contribution >= 0.6 is 0 Å². The summed E-state index contributed by atoms with van der Waals surface area (Å²) in [6.07, 6.45) is 0.413. The molecule has 4 nitrogen and oxygen atoms in total. The zero-order valence-corrected chi connectivity index (χ0v) is 13.1. The topological polar surface area (TPSA) is 52.6 Å². The first-order chi connectivity index (χ1) is 10.1. The number of likely N-dealkylation sites (N-methyl/N-ethyl adjacent to an activating group) is 1. The molecule has 0 fully saturated rings. The van der Waals surface area contributed by atoms with Crippen LogP contribution in [0.3, 0.4) is 0 Å². The van der Waals surface area contributed by atoms with E-state index < -0.39 is 0 Å². The normalized spacial score (nSPS) is 10.1. The van der Waals surface area contributed by atoms with Crippen LogP contribution in [0.4, 0.5) is 0 Å². The van der Waals surface area contributed by atoms with Crippen molar-refractivity contribution < 1.29 is 9.90 Å². The highest BCUT2D eigenvalue weighted by atomic mass is 16.2. The van der Waals surface area contributed by atoms with E-state index in [9.17, 15) is 4.79 Å². The number of aliphatic hydroxyl groups excluding tert-OH is 1. The van der Waals surface area contributed by atoms with Crippen LogP contribution < -0.4 is 5.32 Å². The summed E-state index contributed by atoms with van der Waals surface area (Å²) in [5.74, 6) is 5.73. The molecular weight excluding hydrogens is 264 g/mol. The molecule has 1 aromatic carbocycles. The number of amides is 1. The van der Waals surface area contributed by atoms with Gasteiger partial charge in [0, 0.05) is 25.1 Å². The van der Waals surface area contributed by atoms with Gasteiger partial charge in [-0.2, -0.15) is 0 Å². The number of carbonyl (C=O) groups is 1. The fourth-order valence-corrected chi connectivity index (χ4v) is 1.79. The van der Waals surface area contributed by atoms with Crippen molar-refractivity contribution in [1.82, 2.24) is 10.2 Å². The molecule has 0 saturated heterocycles. The monoisotopic (exact) mass is 288 g/mol. The maximum Gasteiger partial charge on any atom is 0.252 e. The summed E-state index contributed by atoms with van der Waals surface area (Å²) in [5.41, 5.74) is 2.36. The van der Waals surface area contributed by atoms with Crippen molar-refractivity contribution in [3.8, 4) is 11.8 Å². The fourth-order valence-electron chi connectivity index (χ4n) is 1.79. The van der Waals surface area contributed by atoms with E-state index >= 15 is 0 Å². The largest absolute Gasteiger partial charge is 0.395 e. The predicted octanol–water partition coefficient (Wildman–Crippen LogP) is 1.41. The number of hydrogen-bond acceptors (Lipinski definition) is 3. The van der Waals surface area contributed by atoms with E-state index in [2.05, 4.69) is 29.0 Å². The summed E-state index contributed by atoms with van der Waals surface area (Å²) in [4.78, 5) is 14.4. The summed E-state index contributed by atoms with van der Waals surface area (Å²) in [6.45, 7) is 6.47. The average molecular weight is 288 g/mol. The van der Waals surface area contributed by atoms with Gasteiger partial charge in [-0.1, -0.05) is 24.8 Å². The lowest BCUT2D eigenvalue weighted by molar-refractivity contribution is 0.0950. The Morgan fingerprint density at radius 3 is 2.86 bits per heavy atom. The highest BCUT2D eigenvalue weighted by Gasteiger charge is 2.10. The number of hydrogen-bond donors (Lipinski definition) is 2. The van der Waals surface area contributed by atoms with Crippen molar-refractivity contribution in [2.24, 2.45) is 0 Å². The lowest BCUT2D eigenvalue weighted by Crippen LogP contribution is -2.33. The third kappa shape index (κ3) is 5.99. The van der Waals surface area contributed by atoms with Gasteiger partial charge in [0.15, 0.2) is 0 Å². The lowest BCUT2D eigenvalue weighted by atomic mass is 10.0. The summed E-state index contributed by atoms with van der Waals surface area (Å²) >= 11 is 0. The Labute approximate surface area is 127 Å². The molecule has 0 spiro atoms. The second-order valence-corrected chi connectivity index (χ2v) is 4.98. The van der Waals surface area contributed by atoms with Gasteiger partial charge in [0.25, 0.3) is 5.91 Å². The van der Waals surface area contributed by atoms with Crippen molar-refractivity contribution in [2.75, 3.05) is 33.3 Å². The van der Waals surface area contributed by atoms with E-state index in [1.165, 1.54) is 0 Å². The van der Waals surface area contributed by atoms with Gasteiger partial charge < -0.3 is 15.3 Å². The van der Waals surface area contributed by atoms with E-state index in [1.54, 1.807) is 6.07 Å². The van der Waals surface area contributed by atoms with E-state index in [0.717, 1.165) is 18.7 Å².